The van der Waals surface area contributed by atoms with Crippen LogP contribution in [0.3, 0.4) is 0 Å². The molecule has 1 aromatic carbocycles. The molecule has 3 heterocycles. The van der Waals surface area contributed by atoms with E-state index in [9.17, 15) is 9.50 Å². The van der Waals surface area contributed by atoms with Crippen molar-refractivity contribution in [2.24, 2.45) is 0 Å². The largest absolute Gasteiger partial charge is 0.390 e. The molecule has 7 nitrogen and oxygen atoms in total. The highest BCUT2D eigenvalue weighted by Crippen LogP contribution is 2.29. The standard InChI is InChI=1S/C25H27FN6O/c1-15(2)20-11-22(30-31-25(20)28-17(4)18-5-7-19(26)8-6-18)21-9-10-24(23(13-33)29-21)32-12-16(3)27-14-32/h5-12,14-15,17,33H,13H2,1-4H3,(H,28,31)/t17-/m0/s1. The first-order valence-electron chi connectivity index (χ1n) is 10.9. The molecule has 2 N–H and O–H groups in total. The number of pyridine rings is 1. The fourth-order valence-electron chi connectivity index (χ4n) is 3.66. The van der Waals surface area contributed by atoms with Gasteiger partial charge in [0.2, 0.25) is 0 Å². The fraction of sp³-hybridized carbons (Fsp3) is 0.280. The van der Waals surface area contributed by atoms with Gasteiger partial charge in [0, 0.05) is 11.8 Å². The lowest BCUT2D eigenvalue weighted by Crippen LogP contribution is -2.12. The van der Waals surface area contributed by atoms with Gasteiger partial charge in [-0.1, -0.05) is 26.0 Å². The second-order valence-electron chi connectivity index (χ2n) is 8.35. The number of rotatable bonds is 7. The third-order valence-electron chi connectivity index (χ3n) is 5.52. The molecule has 0 saturated heterocycles. The summed E-state index contributed by atoms with van der Waals surface area (Å²) in [6.45, 7) is 7.88. The van der Waals surface area contributed by atoms with Crippen LogP contribution >= 0.6 is 0 Å². The van der Waals surface area contributed by atoms with Crippen LogP contribution in [0.5, 0.6) is 0 Å². The van der Waals surface area contributed by atoms with Crippen LogP contribution in [0, 0.1) is 12.7 Å². The van der Waals surface area contributed by atoms with Crippen LogP contribution in [-0.2, 0) is 6.61 Å². The van der Waals surface area contributed by atoms with Crippen LogP contribution in [0.1, 0.15) is 55.2 Å². The van der Waals surface area contributed by atoms with Crippen molar-refractivity contribution >= 4 is 5.82 Å². The second kappa shape index (κ2) is 9.46. The molecule has 4 rings (SSSR count). The van der Waals surface area contributed by atoms with E-state index in [2.05, 4.69) is 39.3 Å². The summed E-state index contributed by atoms with van der Waals surface area (Å²) in [4.78, 5) is 8.88. The molecule has 8 heteroatoms. The molecule has 33 heavy (non-hydrogen) atoms. The summed E-state index contributed by atoms with van der Waals surface area (Å²) >= 11 is 0. The predicted octanol–water partition coefficient (Wildman–Crippen LogP) is 4.96. The third kappa shape index (κ3) is 4.90. The van der Waals surface area contributed by atoms with E-state index in [-0.39, 0.29) is 24.4 Å². The first-order valence-corrected chi connectivity index (χ1v) is 10.9. The van der Waals surface area contributed by atoms with Crippen molar-refractivity contribution in [3.63, 3.8) is 0 Å². The van der Waals surface area contributed by atoms with Gasteiger partial charge in [-0.05, 0) is 55.7 Å². The van der Waals surface area contributed by atoms with Gasteiger partial charge in [0.15, 0.2) is 5.82 Å². The Morgan fingerprint density at radius 3 is 2.42 bits per heavy atom. The molecule has 0 saturated carbocycles. The highest BCUT2D eigenvalue weighted by molar-refractivity contribution is 5.61. The van der Waals surface area contributed by atoms with E-state index in [1.54, 1.807) is 18.5 Å². The van der Waals surface area contributed by atoms with Gasteiger partial charge in [0.25, 0.3) is 0 Å². The molecule has 0 amide bonds. The number of hydrogen-bond acceptors (Lipinski definition) is 6. The lowest BCUT2D eigenvalue weighted by Gasteiger charge is -2.19. The van der Waals surface area contributed by atoms with Crippen LogP contribution in [0.15, 0.2) is 55.0 Å². The number of nitrogens with zero attached hydrogens (tertiary/aromatic N) is 5. The van der Waals surface area contributed by atoms with Gasteiger partial charge < -0.3 is 15.0 Å². The molecule has 0 aliphatic carbocycles. The number of aliphatic hydroxyl groups excluding tert-OH is 1. The second-order valence-corrected chi connectivity index (χ2v) is 8.35. The minimum Gasteiger partial charge on any atom is -0.390 e. The number of hydrogen-bond donors (Lipinski definition) is 2. The Balaban J connectivity index is 1.65. The van der Waals surface area contributed by atoms with Crippen molar-refractivity contribution in [2.45, 2.75) is 46.3 Å². The van der Waals surface area contributed by atoms with Crippen molar-refractivity contribution in [1.82, 2.24) is 24.7 Å². The number of aromatic nitrogens is 5. The molecule has 4 aromatic rings. The molecular weight excluding hydrogens is 419 g/mol. The van der Waals surface area contributed by atoms with E-state index < -0.39 is 0 Å². The molecule has 0 spiro atoms. The van der Waals surface area contributed by atoms with Gasteiger partial charge in [0.1, 0.15) is 11.5 Å². The molecule has 0 unspecified atom stereocenters. The maximum Gasteiger partial charge on any atom is 0.152 e. The van der Waals surface area contributed by atoms with Crippen molar-refractivity contribution in [2.75, 3.05) is 5.32 Å². The van der Waals surface area contributed by atoms with E-state index >= 15 is 0 Å². The van der Waals surface area contributed by atoms with Crippen molar-refractivity contribution in [3.8, 4) is 17.1 Å². The monoisotopic (exact) mass is 446 g/mol. The minimum absolute atomic E-state index is 0.0692. The van der Waals surface area contributed by atoms with E-state index in [1.807, 2.05) is 42.8 Å². The Kier molecular flexibility index (Phi) is 6.46. The molecule has 1 atom stereocenters. The van der Waals surface area contributed by atoms with Gasteiger partial charge in [-0.25, -0.2) is 14.4 Å². The Hall–Kier alpha value is -3.65. The highest BCUT2D eigenvalue weighted by Gasteiger charge is 2.17. The molecule has 3 aromatic heterocycles. The van der Waals surface area contributed by atoms with Crippen molar-refractivity contribution < 1.29 is 9.50 Å². The maximum atomic E-state index is 13.3. The topological polar surface area (TPSA) is 88.8 Å². The van der Waals surface area contributed by atoms with Gasteiger partial charge in [0.05, 0.1) is 41.7 Å². The van der Waals surface area contributed by atoms with Gasteiger partial charge >= 0.3 is 0 Å². The molecular formula is C25H27FN6O. The zero-order chi connectivity index (χ0) is 23.5. The molecule has 0 bridgehead atoms. The number of anilines is 1. The van der Waals surface area contributed by atoms with E-state index in [4.69, 9.17) is 0 Å². The summed E-state index contributed by atoms with van der Waals surface area (Å²) < 4.78 is 15.1. The summed E-state index contributed by atoms with van der Waals surface area (Å²) in [6.07, 6.45) is 3.58. The molecule has 0 aliphatic heterocycles. The average molecular weight is 447 g/mol. The lowest BCUT2D eigenvalue weighted by atomic mass is 10.0. The normalized spacial score (nSPS) is 12.2. The Bertz CT molecular complexity index is 1250. The SMILES string of the molecule is Cc1cn(-c2ccc(-c3cc(C(C)C)c(N[C@@H](C)c4ccc(F)cc4)nn3)nc2CO)cn1. The number of halogens is 1. The zero-order valence-corrected chi connectivity index (χ0v) is 19.1. The number of aliphatic hydroxyl groups is 1. The maximum absolute atomic E-state index is 13.3. The smallest absolute Gasteiger partial charge is 0.152 e. The van der Waals surface area contributed by atoms with Crippen LogP contribution in [0.2, 0.25) is 0 Å². The molecule has 170 valence electrons. The number of nitrogens with one attached hydrogen (secondary N) is 1. The van der Waals surface area contributed by atoms with Crippen LogP contribution < -0.4 is 5.32 Å². The quantitative estimate of drug-likeness (QED) is 0.417. The zero-order valence-electron chi connectivity index (χ0n) is 19.1. The Morgan fingerprint density at radius 1 is 1.03 bits per heavy atom. The fourth-order valence-corrected chi connectivity index (χ4v) is 3.66. The van der Waals surface area contributed by atoms with E-state index in [0.29, 0.717) is 22.9 Å². The molecule has 0 fully saturated rings. The minimum atomic E-state index is -0.262. The van der Waals surface area contributed by atoms with Crippen LogP contribution in [0.25, 0.3) is 17.1 Å². The third-order valence-corrected chi connectivity index (χ3v) is 5.52. The van der Waals surface area contributed by atoms with Crippen LogP contribution in [-0.4, -0.2) is 29.8 Å². The summed E-state index contributed by atoms with van der Waals surface area (Å²) in [6, 6.07) is 12.1. The number of aryl methyl sites for hydroxylation is 1. The Labute approximate surface area is 192 Å². The van der Waals surface area contributed by atoms with E-state index in [1.165, 1.54) is 12.1 Å². The number of benzene rings is 1. The average Bonchev–Trinajstić information content (AvgIpc) is 3.25. The summed E-state index contributed by atoms with van der Waals surface area (Å²) in [5.41, 5.74) is 5.39. The molecule has 0 radical (unpaired) electrons. The first-order chi connectivity index (χ1) is 15.9. The molecule has 0 aliphatic rings. The number of imidazole rings is 1. The van der Waals surface area contributed by atoms with Crippen LogP contribution in [0.4, 0.5) is 10.2 Å². The van der Waals surface area contributed by atoms with Crippen molar-refractivity contribution in [1.29, 1.82) is 0 Å². The summed E-state index contributed by atoms with van der Waals surface area (Å²) in [5.74, 6) is 0.605. The van der Waals surface area contributed by atoms with E-state index in [0.717, 1.165) is 22.5 Å². The highest BCUT2D eigenvalue weighted by atomic mass is 19.1. The lowest BCUT2D eigenvalue weighted by molar-refractivity contribution is 0.276. The van der Waals surface area contributed by atoms with Gasteiger partial charge in [-0.2, -0.15) is 0 Å². The summed E-state index contributed by atoms with van der Waals surface area (Å²) in [5, 5.41) is 22.1. The Morgan fingerprint density at radius 2 is 1.79 bits per heavy atom. The predicted molar refractivity (Wildman–Crippen MR) is 126 cm³/mol. The van der Waals surface area contributed by atoms with Gasteiger partial charge in [-0.15, -0.1) is 10.2 Å². The summed E-state index contributed by atoms with van der Waals surface area (Å²) in [7, 11) is 0. The van der Waals surface area contributed by atoms with Crippen molar-refractivity contribution in [3.05, 3.63) is 83.3 Å². The first kappa shape index (κ1) is 22.5. The van der Waals surface area contributed by atoms with Gasteiger partial charge in [-0.3, -0.25) is 0 Å².